The van der Waals surface area contributed by atoms with Crippen LogP contribution in [0.3, 0.4) is 0 Å². The van der Waals surface area contributed by atoms with Crippen LogP contribution in [0.2, 0.25) is 15.1 Å². The lowest BCUT2D eigenvalue weighted by Crippen LogP contribution is -2.22. The molecule has 5 nitrogen and oxygen atoms in total. The predicted molar refractivity (Wildman–Crippen MR) is 103 cm³/mol. The standard InChI is InChI=1S/C18H16Cl3NO4/c1-9-14(19)10(2)16(21)17(15(9)20)26-8-13(23)22-12-7-5-4-6-11(12)18(24)25-3/h4-7H,8H2,1-3H3,(H,22,23). The van der Waals surface area contributed by atoms with E-state index in [0.717, 1.165) is 0 Å². The third-order valence-corrected chi connectivity index (χ3v) is 5.15. The van der Waals surface area contributed by atoms with Gasteiger partial charge in [0, 0.05) is 5.02 Å². The van der Waals surface area contributed by atoms with Crippen LogP contribution in [-0.2, 0) is 9.53 Å². The van der Waals surface area contributed by atoms with Crippen molar-refractivity contribution >= 4 is 52.4 Å². The van der Waals surface area contributed by atoms with Crippen LogP contribution in [0.25, 0.3) is 0 Å². The van der Waals surface area contributed by atoms with Gasteiger partial charge in [-0.2, -0.15) is 0 Å². The van der Waals surface area contributed by atoms with Gasteiger partial charge in [-0.3, -0.25) is 4.79 Å². The van der Waals surface area contributed by atoms with Crippen LogP contribution in [-0.4, -0.2) is 25.6 Å². The zero-order chi connectivity index (χ0) is 19.4. The van der Waals surface area contributed by atoms with Gasteiger partial charge in [0.15, 0.2) is 12.4 Å². The Bertz CT molecular complexity index is 839. The summed E-state index contributed by atoms with van der Waals surface area (Å²) < 4.78 is 10.2. The zero-order valence-electron chi connectivity index (χ0n) is 14.3. The molecule has 2 rings (SSSR count). The van der Waals surface area contributed by atoms with Gasteiger partial charge in [0.25, 0.3) is 5.91 Å². The molecule has 2 aromatic rings. The molecule has 138 valence electrons. The number of hydrogen-bond donors (Lipinski definition) is 1. The topological polar surface area (TPSA) is 64.6 Å². The minimum Gasteiger partial charge on any atom is -0.481 e. The first-order chi connectivity index (χ1) is 12.3. The summed E-state index contributed by atoms with van der Waals surface area (Å²) in [6.45, 7) is 3.11. The number of benzene rings is 2. The molecule has 0 aliphatic carbocycles. The highest BCUT2D eigenvalue weighted by molar-refractivity contribution is 6.42. The van der Waals surface area contributed by atoms with E-state index in [0.29, 0.717) is 21.8 Å². The number of hydrogen-bond acceptors (Lipinski definition) is 4. The Morgan fingerprint density at radius 3 is 2.15 bits per heavy atom. The summed E-state index contributed by atoms with van der Waals surface area (Å²) in [5.41, 5.74) is 1.77. The van der Waals surface area contributed by atoms with Gasteiger partial charge in [-0.05, 0) is 37.1 Å². The molecule has 0 saturated carbocycles. The monoisotopic (exact) mass is 415 g/mol. The lowest BCUT2D eigenvalue weighted by Gasteiger charge is -2.15. The lowest BCUT2D eigenvalue weighted by atomic mass is 10.1. The Labute approximate surface area is 166 Å². The van der Waals surface area contributed by atoms with E-state index >= 15 is 0 Å². The van der Waals surface area contributed by atoms with Crippen LogP contribution in [0.5, 0.6) is 5.75 Å². The van der Waals surface area contributed by atoms with E-state index in [9.17, 15) is 9.59 Å². The first-order valence-electron chi connectivity index (χ1n) is 7.51. The first-order valence-corrected chi connectivity index (χ1v) is 8.65. The molecule has 0 fully saturated rings. The Balaban J connectivity index is 2.16. The maximum Gasteiger partial charge on any atom is 0.339 e. The lowest BCUT2D eigenvalue weighted by molar-refractivity contribution is -0.118. The largest absolute Gasteiger partial charge is 0.481 e. The van der Waals surface area contributed by atoms with Crippen molar-refractivity contribution in [2.75, 3.05) is 19.0 Å². The molecule has 1 N–H and O–H groups in total. The molecule has 0 aliphatic heterocycles. The van der Waals surface area contributed by atoms with Gasteiger partial charge in [-0.1, -0.05) is 46.9 Å². The fourth-order valence-electron chi connectivity index (χ4n) is 2.24. The van der Waals surface area contributed by atoms with Gasteiger partial charge >= 0.3 is 5.97 Å². The second-order valence-electron chi connectivity index (χ2n) is 5.40. The van der Waals surface area contributed by atoms with E-state index in [1.54, 1.807) is 38.1 Å². The number of anilines is 1. The second-order valence-corrected chi connectivity index (χ2v) is 6.53. The highest BCUT2D eigenvalue weighted by atomic mass is 35.5. The number of esters is 1. The highest BCUT2D eigenvalue weighted by Crippen LogP contribution is 2.42. The van der Waals surface area contributed by atoms with Gasteiger partial charge < -0.3 is 14.8 Å². The normalized spacial score (nSPS) is 10.4. The van der Waals surface area contributed by atoms with Crippen molar-refractivity contribution in [2.45, 2.75) is 13.8 Å². The van der Waals surface area contributed by atoms with E-state index in [4.69, 9.17) is 39.5 Å². The third-order valence-electron chi connectivity index (χ3n) is 3.67. The predicted octanol–water partition coefficient (Wildman–Crippen LogP) is 5.07. The number of ether oxygens (including phenoxy) is 2. The summed E-state index contributed by atoms with van der Waals surface area (Å²) in [7, 11) is 1.26. The van der Waals surface area contributed by atoms with Crippen molar-refractivity contribution in [2.24, 2.45) is 0 Å². The van der Waals surface area contributed by atoms with Gasteiger partial charge in [0.2, 0.25) is 0 Å². The average Bonchev–Trinajstić information content (AvgIpc) is 2.64. The zero-order valence-corrected chi connectivity index (χ0v) is 16.6. The molecular formula is C18H16Cl3NO4. The van der Waals surface area contributed by atoms with E-state index in [1.807, 2.05) is 0 Å². The number of para-hydroxylation sites is 1. The first kappa shape index (κ1) is 20.4. The summed E-state index contributed by atoms with van der Waals surface area (Å²) in [5, 5.41) is 3.53. The SMILES string of the molecule is COC(=O)c1ccccc1NC(=O)COc1c(Cl)c(C)c(Cl)c(C)c1Cl. The van der Waals surface area contributed by atoms with Crippen molar-refractivity contribution in [3.05, 3.63) is 56.0 Å². The maximum absolute atomic E-state index is 12.2. The van der Waals surface area contributed by atoms with E-state index in [2.05, 4.69) is 10.1 Å². The molecule has 8 heteroatoms. The molecule has 0 radical (unpaired) electrons. The summed E-state index contributed by atoms with van der Waals surface area (Å²) in [6.07, 6.45) is 0. The minimum absolute atomic E-state index is 0.184. The van der Waals surface area contributed by atoms with Crippen LogP contribution in [0.4, 0.5) is 5.69 Å². The minimum atomic E-state index is -0.558. The summed E-state index contributed by atoms with van der Waals surface area (Å²) in [5.74, 6) is -0.861. The number of halogens is 3. The van der Waals surface area contributed by atoms with Crippen molar-refractivity contribution < 1.29 is 19.1 Å². The second kappa shape index (κ2) is 8.62. The molecule has 0 heterocycles. The molecule has 0 spiro atoms. The van der Waals surface area contributed by atoms with Crippen molar-refractivity contribution in [3.63, 3.8) is 0 Å². The van der Waals surface area contributed by atoms with Crippen LogP contribution in [0.1, 0.15) is 21.5 Å². The van der Waals surface area contributed by atoms with E-state index in [1.165, 1.54) is 7.11 Å². The van der Waals surface area contributed by atoms with Gasteiger partial charge in [0.1, 0.15) is 0 Å². The quantitative estimate of drug-likeness (QED) is 0.691. The van der Waals surface area contributed by atoms with Crippen LogP contribution in [0.15, 0.2) is 24.3 Å². The summed E-state index contributed by atoms with van der Waals surface area (Å²) >= 11 is 18.6. The fraction of sp³-hybridized carbons (Fsp3) is 0.222. The van der Waals surface area contributed by atoms with Gasteiger partial charge in [-0.25, -0.2) is 4.79 Å². The Morgan fingerprint density at radius 1 is 1.00 bits per heavy atom. The molecule has 0 bridgehead atoms. The molecule has 26 heavy (non-hydrogen) atoms. The number of rotatable bonds is 5. The van der Waals surface area contributed by atoms with Crippen molar-refractivity contribution in [1.29, 1.82) is 0 Å². The fourth-order valence-corrected chi connectivity index (χ4v) is 3.06. The summed E-state index contributed by atoms with van der Waals surface area (Å²) in [4.78, 5) is 23.9. The molecule has 0 aliphatic rings. The highest BCUT2D eigenvalue weighted by Gasteiger charge is 2.19. The number of carbonyl (C=O) groups is 2. The van der Waals surface area contributed by atoms with Gasteiger partial charge in [-0.15, -0.1) is 0 Å². The van der Waals surface area contributed by atoms with Gasteiger partial charge in [0.05, 0.1) is 28.4 Å². The van der Waals surface area contributed by atoms with E-state index < -0.39 is 11.9 Å². The van der Waals surface area contributed by atoms with E-state index in [-0.39, 0.29) is 28.0 Å². The van der Waals surface area contributed by atoms with Crippen LogP contribution < -0.4 is 10.1 Å². The number of carbonyl (C=O) groups excluding carboxylic acids is 2. The molecule has 0 atom stereocenters. The molecule has 0 saturated heterocycles. The smallest absolute Gasteiger partial charge is 0.339 e. The molecule has 0 aromatic heterocycles. The van der Waals surface area contributed by atoms with Crippen molar-refractivity contribution in [1.82, 2.24) is 0 Å². The average molecular weight is 417 g/mol. The Morgan fingerprint density at radius 2 is 1.58 bits per heavy atom. The molecule has 0 unspecified atom stereocenters. The maximum atomic E-state index is 12.2. The van der Waals surface area contributed by atoms with Crippen molar-refractivity contribution in [3.8, 4) is 5.75 Å². The Kier molecular flexibility index (Phi) is 6.75. The number of nitrogens with one attached hydrogen (secondary N) is 1. The van der Waals surface area contributed by atoms with Crippen LogP contribution in [0, 0.1) is 13.8 Å². The molecule has 2 aromatic carbocycles. The summed E-state index contributed by atoms with van der Waals surface area (Å²) in [6, 6.07) is 6.47. The number of methoxy groups -OCH3 is 1. The molecular weight excluding hydrogens is 401 g/mol. The van der Waals surface area contributed by atoms with Crippen LogP contribution >= 0.6 is 34.8 Å². The molecule has 1 amide bonds. The Hall–Kier alpha value is -1.95. The number of amides is 1. The third kappa shape index (κ3) is 4.23.